The number of nitrogens with zero attached hydrogens (tertiary/aromatic N) is 2. The molecule has 2 N–H and O–H groups in total. The number of hydrogen-bond acceptors (Lipinski definition) is 4. The Morgan fingerprint density at radius 2 is 2.41 bits per heavy atom. The van der Waals surface area contributed by atoms with Crippen molar-refractivity contribution in [1.29, 1.82) is 0 Å². The van der Waals surface area contributed by atoms with E-state index in [2.05, 4.69) is 15.5 Å². The lowest BCUT2D eigenvalue weighted by atomic mass is 10.4. The van der Waals surface area contributed by atoms with Crippen LogP contribution in [0.1, 0.15) is 16.2 Å². The van der Waals surface area contributed by atoms with Crippen LogP contribution in [-0.2, 0) is 6.54 Å². The van der Waals surface area contributed by atoms with Gasteiger partial charge in [-0.3, -0.25) is 9.89 Å². The molecule has 0 atom stereocenters. The number of aromatic amines is 1. The molecule has 0 saturated heterocycles. The molecular formula is C11H14N4O2. The van der Waals surface area contributed by atoms with Crippen molar-refractivity contribution in [3.8, 4) is 0 Å². The van der Waals surface area contributed by atoms with Crippen LogP contribution in [0.4, 0.5) is 5.82 Å². The lowest BCUT2D eigenvalue weighted by Crippen LogP contribution is -2.11. The molecule has 1 amide bonds. The quantitative estimate of drug-likeness (QED) is 0.836. The Morgan fingerprint density at radius 3 is 3.06 bits per heavy atom. The molecule has 17 heavy (non-hydrogen) atoms. The first-order chi connectivity index (χ1) is 8.15. The molecule has 0 unspecified atom stereocenters. The van der Waals surface area contributed by atoms with Gasteiger partial charge < -0.3 is 14.6 Å². The van der Waals surface area contributed by atoms with Gasteiger partial charge in [0.05, 0.1) is 12.0 Å². The highest BCUT2D eigenvalue weighted by molar-refractivity contribution is 6.01. The third-order valence-corrected chi connectivity index (χ3v) is 2.10. The highest BCUT2D eigenvalue weighted by Crippen LogP contribution is 2.09. The van der Waals surface area contributed by atoms with Gasteiger partial charge in [0.15, 0.2) is 11.6 Å². The van der Waals surface area contributed by atoms with E-state index in [1.54, 1.807) is 18.2 Å². The zero-order valence-corrected chi connectivity index (χ0v) is 9.73. The Hall–Kier alpha value is -2.08. The Balaban J connectivity index is 1.99. The van der Waals surface area contributed by atoms with Crippen LogP contribution in [0, 0.1) is 0 Å². The van der Waals surface area contributed by atoms with E-state index in [4.69, 9.17) is 4.42 Å². The molecule has 0 spiro atoms. The van der Waals surface area contributed by atoms with E-state index in [0.717, 1.165) is 12.2 Å². The van der Waals surface area contributed by atoms with Crippen LogP contribution in [0.3, 0.4) is 0 Å². The smallest absolute Gasteiger partial charge is 0.292 e. The number of furan rings is 1. The van der Waals surface area contributed by atoms with E-state index in [-0.39, 0.29) is 11.7 Å². The van der Waals surface area contributed by atoms with E-state index in [0.29, 0.717) is 5.82 Å². The standard InChI is InChI=1S/C11H14N4O2/c1-15(2)7-8-6-10(14-13-8)12-11(16)9-4-3-5-17-9/h3-6H,7H2,1-2H3,(H2,12,13,14,16). The fourth-order valence-electron chi connectivity index (χ4n) is 1.43. The fraction of sp³-hybridized carbons (Fsp3) is 0.273. The summed E-state index contributed by atoms with van der Waals surface area (Å²) in [5, 5.41) is 9.49. The number of H-pyrrole nitrogens is 1. The second-order valence-corrected chi connectivity index (χ2v) is 3.95. The second kappa shape index (κ2) is 4.84. The highest BCUT2D eigenvalue weighted by atomic mass is 16.3. The summed E-state index contributed by atoms with van der Waals surface area (Å²) in [7, 11) is 3.92. The van der Waals surface area contributed by atoms with Crippen molar-refractivity contribution in [1.82, 2.24) is 15.1 Å². The minimum absolute atomic E-state index is 0.266. The molecule has 2 rings (SSSR count). The van der Waals surface area contributed by atoms with Crippen molar-refractivity contribution in [2.24, 2.45) is 0 Å². The van der Waals surface area contributed by atoms with Gasteiger partial charge in [-0.15, -0.1) is 0 Å². The lowest BCUT2D eigenvalue weighted by Gasteiger charge is -2.05. The van der Waals surface area contributed by atoms with Gasteiger partial charge in [-0.25, -0.2) is 0 Å². The number of rotatable bonds is 4. The number of carbonyl (C=O) groups is 1. The van der Waals surface area contributed by atoms with E-state index in [1.165, 1.54) is 6.26 Å². The van der Waals surface area contributed by atoms with E-state index < -0.39 is 0 Å². The minimum Gasteiger partial charge on any atom is -0.459 e. The topological polar surface area (TPSA) is 74.2 Å². The van der Waals surface area contributed by atoms with Gasteiger partial charge in [0, 0.05) is 12.6 Å². The van der Waals surface area contributed by atoms with Gasteiger partial charge in [-0.2, -0.15) is 5.10 Å². The summed E-state index contributed by atoms with van der Waals surface area (Å²) in [6.07, 6.45) is 1.46. The van der Waals surface area contributed by atoms with Crippen LogP contribution in [-0.4, -0.2) is 35.1 Å². The molecule has 2 heterocycles. The number of nitrogens with one attached hydrogen (secondary N) is 2. The summed E-state index contributed by atoms with van der Waals surface area (Å²) < 4.78 is 4.98. The maximum absolute atomic E-state index is 11.6. The predicted molar refractivity (Wildman–Crippen MR) is 62.6 cm³/mol. The van der Waals surface area contributed by atoms with Crippen molar-refractivity contribution < 1.29 is 9.21 Å². The average molecular weight is 234 g/mol. The number of aromatic nitrogens is 2. The predicted octanol–water partition coefficient (Wildman–Crippen LogP) is 1.32. The van der Waals surface area contributed by atoms with Gasteiger partial charge in [0.1, 0.15) is 0 Å². The minimum atomic E-state index is -0.307. The molecule has 6 nitrogen and oxygen atoms in total. The molecule has 90 valence electrons. The van der Waals surface area contributed by atoms with Crippen molar-refractivity contribution >= 4 is 11.7 Å². The Labute approximate surface area is 98.6 Å². The zero-order valence-electron chi connectivity index (χ0n) is 9.73. The second-order valence-electron chi connectivity index (χ2n) is 3.95. The highest BCUT2D eigenvalue weighted by Gasteiger charge is 2.10. The first-order valence-corrected chi connectivity index (χ1v) is 5.19. The van der Waals surface area contributed by atoms with Crippen molar-refractivity contribution in [2.45, 2.75) is 6.54 Å². The number of amides is 1. The Kier molecular flexibility index (Phi) is 3.24. The van der Waals surface area contributed by atoms with Crippen LogP contribution in [0.15, 0.2) is 28.9 Å². The SMILES string of the molecule is CN(C)Cc1cc(NC(=O)c2ccco2)n[nH]1. The molecule has 0 saturated carbocycles. The summed E-state index contributed by atoms with van der Waals surface area (Å²) >= 11 is 0. The maximum atomic E-state index is 11.6. The number of carbonyl (C=O) groups excluding carboxylic acids is 1. The number of hydrogen-bond donors (Lipinski definition) is 2. The molecule has 0 radical (unpaired) electrons. The fourth-order valence-corrected chi connectivity index (χ4v) is 1.43. The van der Waals surface area contributed by atoms with Gasteiger partial charge >= 0.3 is 0 Å². The van der Waals surface area contributed by atoms with Gasteiger partial charge in [-0.1, -0.05) is 0 Å². The van der Waals surface area contributed by atoms with Gasteiger partial charge in [0.25, 0.3) is 5.91 Å². The molecule has 0 aromatic carbocycles. The monoisotopic (exact) mass is 234 g/mol. The van der Waals surface area contributed by atoms with Crippen molar-refractivity contribution in [2.75, 3.05) is 19.4 Å². The molecule has 6 heteroatoms. The van der Waals surface area contributed by atoms with E-state index in [1.807, 2.05) is 19.0 Å². The zero-order chi connectivity index (χ0) is 12.3. The molecule has 0 aliphatic carbocycles. The van der Waals surface area contributed by atoms with Crippen LogP contribution in [0.25, 0.3) is 0 Å². The summed E-state index contributed by atoms with van der Waals surface area (Å²) in [5.74, 6) is 0.448. The van der Waals surface area contributed by atoms with E-state index >= 15 is 0 Å². The maximum Gasteiger partial charge on any atom is 0.292 e. The summed E-state index contributed by atoms with van der Waals surface area (Å²) in [5.41, 5.74) is 0.935. The average Bonchev–Trinajstić information content (AvgIpc) is 2.87. The van der Waals surface area contributed by atoms with E-state index in [9.17, 15) is 4.79 Å². The number of anilines is 1. The third kappa shape index (κ3) is 2.94. The first-order valence-electron chi connectivity index (χ1n) is 5.19. The Bertz CT molecular complexity index is 487. The first kappa shape index (κ1) is 11.4. The van der Waals surface area contributed by atoms with Crippen LogP contribution < -0.4 is 5.32 Å². The summed E-state index contributed by atoms with van der Waals surface area (Å²) in [4.78, 5) is 13.6. The summed E-state index contributed by atoms with van der Waals surface area (Å²) in [6, 6.07) is 5.06. The molecule has 0 bridgehead atoms. The molecule has 0 aliphatic rings. The summed E-state index contributed by atoms with van der Waals surface area (Å²) in [6.45, 7) is 0.740. The third-order valence-electron chi connectivity index (χ3n) is 2.10. The molecule has 0 fully saturated rings. The Morgan fingerprint density at radius 1 is 1.59 bits per heavy atom. The molecule has 0 aliphatic heterocycles. The molecular weight excluding hydrogens is 220 g/mol. The lowest BCUT2D eigenvalue weighted by molar-refractivity contribution is 0.0996. The normalized spacial score (nSPS) is 10.8. The van der Waals surface area contributed by atoms with Crippen LogP contribution in [0.2, 0.25) is 0 Å². The van der Waals surface area contributed by atoms with Crippen LogP contribution in [0.5, 0.6) is 0 Å². The van der Waals surface area contributed by atoms with Gasteiger partial charge in [0.2, 0.25) is 0 Å². The molecule has 2 aromatic heterocycles. The molecule has 2 aromatic rings. The van der Waals surface area contributed by atoms with Crippen LogP contribution >= 0.6 is 0 Å². The largest absolute Gasteiger partial charge is 0.459 e. The van der Waals surface area contributed by atoms with Gasteiger partial charge in [-0.05, 0) is 26.2 Å². The van der Waals surface area contributed by atoms with Crippen molar-refractivity contribution in [3.05, 3.63) is 35.9 Å². The van der Waals surface area contributed by atoms with Crippen molar-refractivity contribution in [3.63, 3.8) is 0 Å².